The first-order chi connectivity index (χ1) is 12.2. The number of carbonyl (C=O) groups excluding carboxylic acids is 1. The Balaban J connectivity index is 1.74. The Bertz CT molecular complexity index is 1060. The number of fused-ring (bicyclic) bond motifs is 1. The molecule has 0 aliphatic carbocycles. The lowest BCUT2D eigenvalue weighted by atomic mass is 10.1. The molecule has 2 aromatic heterocycles. The molecule has 0 atom stereocenters. The fourth-order valence-electron chi connectivity index (χ4n) is 2.63. The van der Waals surface area contributed by atoms with Crippen molar-refractivity contribution in [3.63, 3.8) is 0 Å². The number of hydrogen-bond donors (Lipinski definition) is 3. The predicted octanol–water partition coefficient (Wildman–Crippen LogP) is 3.58. The number of para-hydroxylation sites is 3. The molecule has 2 aromatic carbocycles. The number of aromatic hydroxyl groups is 1. The average molecular weight is 330 g/mol. The van der Waals surface area contributed by atoms with Gasteiger partial charge in [-0.25, -0.2) is 4.98 Å². The highest BCUT2D eigenvalue weighted by Gasteiger charge is 2.15. The fraction of sp³-hybridized carbons (Fsp3) is 0. The van der Waals surface area contributed by atoms with Crippen LogP contribution in [0.15, 0.2) is 67.0 Å². The normalized spacial score (nSPS) is 10.7. The molecule has 0 aliphatic heterocycles. The zero-order valence-electron chi connectivity index (χ0n) is 13.1. The molecule has 0 spiro atoms. The van der Waals surface area contributed by atoms with Gasteiger partial charge in [-0.3, -0.25) is 9.78 Å². The van der Waals surface area contributed by atoms with Crippen LogP contribution in [0.5, 0.6) is 5.75 Å². The molecule has 2 heterocycles. The number of amides is 1. The van der Waals surface area contributed by atoms with E-state index >= 15 is 0 Å². The van der Waals surface area contributed by atoms with Crippen LogP contribution in [0.3, 0.4) is 0 Å². The SMILES string of the molecule is O=C(Nc1ccccc1O)c1cccc2[nH]c(-c3ccncc3)nc12. The highest BCUT2D eigenvalue weighted by molar-refractivity contribution is 6.12. The van der Waals surface area contributed by atoms with E-state index in [1.165, 1.54) is 6.07 Å². The van der Waals surface area contributed by atoms with Gasteiger partial charge in [0.2, 0.25) is 0 Å². The average Bonchev–Trinajstić information content (AvgIpc) is 3.08. The molecule has 0 saturated heterocycles. The first-order valence-corrected chi connectivity index (χ1v) is 7.71. The summed E-state index contributed by atoms with van der Waals surface area (Å²) < 4.78 is 0. The van der Waals surface area contributed by atoms with Crippen LogP contribution in [-0.2, 0) is 0 Å². The molecule has 0 aliphatic rings. The Hall–Kier alpha value is -3.67. The van der Waals surface area contributed by atoms with Crippen LogP contribution < -0.4 is 5.32 Å². The number of carbonyl (C=O) groups is 1. The van der Waals surface area contributed by atoms with Crippen molar-refractivity contribution >= 4 is 22.6 Å². The number of aromatic amines is 1. The molecular weight excluding hydrogens is 316 g/mol. The molecule has 6 nitrogen and oxygen atoms in total. The van der Waals surface area contributed by atoms with Crippen LogP contribution in [0, 0.1) is 0 Å². The summed E-state index contributed by atoms with van der Waals surface area (Å²) in [5.41, 5.74) is 3.00. The van der Waals surface area contributed by atoms with Gasteiger partial charge in [0.05, 0.1) is 16.8 Å². The number of phenolic OH excluding ortho intramolecular Hbond substituents is 1. The van der Waals surface area contributed by atoms with E-state index in [-0.39, 0.29) is 11.7 Å². The molecule has 3 N–H and O–H groups in total. The van der Waals surface area contributed by atoms with E-state index in [2.05, 4.69) is 20.3 Å². The minimum absolute atomic E-state index is 0.0162. The maximum Gasteiger partial charge on any atom is 0.258 e. The van der Waals surface area contributed by atoms with E-state index in [1.807, 2.05) is 18.2 Å². The molecule has 0 bridgehead atoms. The molecule has 25 heavy (non-hydrogen) atoms. The minimum Gasteiger partial charge on any atom is -0.506 e. The Morgan fingerprint density at radius 3 is 2.60 bits per heavy atom. The van der Waals surface area contributed by atoms with Gasteiger partial charge in [-0.05, 0) is 36.4 Å². The van der Waals surface area contributed by atoms with E-state index < -0.39 is 0 Å². The van der Waals surface area contributed by atoms with Crippen LogP contribution in [0.1, 0.15) is 10.4 Å². The highest BCUT2D eigenvalue weighted by Crippen LogP contribution is 2.25. The molecule has 4 aromatic rings. The van der Waals surface area contributed by atoms with Crippen molar-refractivity contribution in [3.8, 4) is 17.1 Å². The van der Waals surface area contributed by atoms with Crippen LogP contribution in [0.4, 0.5) is 5.69 Å². The van der Waals surface area contributed by atoms with Crippen LogP contribution in [0.2, 0.25) is 0 Å². The van der Waals surface area contributed by atoms with Gasteiger partial charge in [-0.15, -0.1) is 0 Å². The standard InChI is InChI=1S/C19H14N4O2/c24-16-7-2-1-5-14(16)22-19(25)13-4-3-6-15-17(13)23-18(21-15)12-8-10-20-11-9-12/h1-11,24H,(H,21,23)(H,22,25). The lowest BCUT2D eigenvalue weighted by molar-refractivity contribution is 0.102. The largest absolute Gasteiger partial charge is 0.506 e. The van der Waals surface area contributed by atoms with Gasteiger partial charge in [0.25, 0.3) is 5.91 Å². The van der Waals surface area contributed by atoms with Crippen molar-refractivity contribution in [3.05, 3.63) is 72.6 Å². The molecule has 0 fully saturated rings. The second-order valence-corrected chi connectivity index (χ2v) is 5.49. The zero-order chi connectivity index (χ0) is 17.2. The Kier molecular flexibility index (Phi) is 3.63. The summed E-state index contributed by atoms with van der Waals surface area (Å²) in [5.74, 6) is 0.350. The number of rotatable bonds is 3. The van der Waals surface area contributed by atoms with E-state index in [0.29, 0.717) is 22.6 Å². The smallest absolute Gasteiger partial charge is 0.258 e. The van der Waals surface area contributed by atoms with Crippen molar-refractivity contribution in [1.82, 2.24) is 15.0 Å². The Labute approximate surface area is 143 Å². The van der Waals surface area contributed by atoms with E-state index in [1.54, 1.807) is 42.7 Å². The van der Waals surface area contributed by atoms with Gasteiger partial charge < -0.3 is 15.4 Å². The van der Waals surface area contributed by atoms with E-state index in [0.717, 1.165) is 11.1 Å². The van der Waals surface area contributed by atoms with Gasteiger partial charge in [0, 0.05) is 18.0 Å². The molecule has 6 heteroatoms. The first-order valence-electron chi connectivity index (χ1n) is 7.71. The third-order valence-corrected chi connectivity index (χ3v) is 3.86. The van der Waals surface area contributed by atoms with Gasteiger partial charge in [-0.2, -0.15) is 0 Å². The number of nitrogens with zero attached hydrogens (tertiary/aromatic N) is 2. The van der Waals surface area contributed by atoms with Gasteiger partial charge in [-0.1, -0.05) is 18.2 Å². The minimum atomic E-state index is -0.333. The Morgan fingerprint density at radius 2 is 1.80 bits per heavy atom. The van der Waals surface area contributed by atoms with Crippen LogP contribution in [-0.4, -0.2) is 26.0 Å². The zero-order valence-corrected chi connectivity index (χ0v) is 13.1. The molecule has 4 rings (SSSR count). The van der Waals surface area contributed by atoms with Crippen molar-refractivity contribution < 1.29 is 9.90 Å². The molecule has 1 amide bonds. The molecule has 0 radical (unpaired) electrons. The summed E-state index contributed by atoms with van der Waals surface area (Å²) in [6.07, 6.45) is 3.38. The second-order valence-electron chi connectivity index (χ2n) is 5.49. The predicted molar refractivity (Wildman–Crippen MR) is 95.4 cm³/mol. The second kappa shape index (κ2) is 6.09. The quantitative estimate of drug-likeness (QED) is 0.501. The number of H-pyrrole nitrogens is 1. The summed E-state index contributed by atoms with van der Waals surface area (Å²) in [4.78, 5) is 24.4. The summed E-state index contributed by atoms with van der Waals surface area (Å²) in [5, 5.41) is 12.5. The third-order valence-electron chi connectivity index (χ3n) is 3.86. The first kappa shape index (κ1) is 14.9. The maximum atomic E-state index is 12.6. The van der Waals surface area contributed by atoms with Gasteiger partial charge in [0.1, 0.15) is 17.1 Å². The number of aromatic nitrogens is 3. The van der Waals surface area contributed by atoms with Crippen molar-refractivity contribution in [2.24, 2.45) is 0 Å². The van der Waals surface area contributed by atoms with Crippen molar-refractivity contribution in [2.75, 3.05) is 5.32 Å². The number of pyridine rings is 1. The lowest BCUT2D eigenvalue weighted by Crippen LogP contribution is -2.12. The molecule has 122 valence electrons. The number of benzene rings is 2. The van der Waals surface area contributed by atoms with Crippen molar-refractivity contribution in [2.45, 2.75) is 0 Å². The summed E-state index contributed by atoms with van der Waals surface area (Å²) >= 11 is 0. The van der Waals surface area contributed by atoms with E-state index in [9.17, 15) is 9.90 Å². The summed E-state index contributed by atoms with van der Waals surface area (Å²) in [6, 6.07) is 15.6. The topological polar surface area (TPSA) is 90.9 Å². The number of anilines is 1. The fourth-order valence-corrected chi connectivity index (χ4v) is 2.63. The number of phenols is 1. The van der Waals surface area contributed by atoms with Crippen LogP contribution in [0.25, 0.3) is 22.4 Å². The van der Waals surface area contributed by atoms with Crippen LogP contribution >= 0.6 is 0 Å². The highest BCUT2D eigenvalue weighted by atomic mass is 16.3. The maximum absolute atomic E-state index is 12.6. The van der Waals surface area contributed by atoms with Gasteiger partial charge in [0.15, 0.2) is 0 Å². The summed E-state index contributed by atoms with van der Waals surface area (Å²) in [7, 11) is 0. The summed E-state index contributed by atoms with van der Waals surface area (Å²) in [6.45, 7) is 0. The van der Waals surface area contributed by atoms with Crippen molar-refractivity contribution in [1.29, 1.82) is 0 Å². The molecule has 0 unspecified atom stereocenters. The lowest BCUT2D eigenvalue weighted by Gasteiger charge is -2.07. The Morgan fingerprint density at radius 1 is 1.00 bits per heavy atom. The monoisotopic (exact) mass is 330 g/mol. The number of nitrogens with one attached hydrogen (secondary N) is 2. The molecule has 0 saturated carbocycles. The molecular formula is C19H14N4O2. The van der Waals surface area contributed by atoms with E-state index in [4.69, 9.17) is 0 Å². The number of imidazole rings is 1. The third kappa shape index (κ3) is 2.81. The number of hydrogen-bond acceptors (Lipinski definition) is 4. The van der Waals surface area contributed by atoms with Gasteiger partial charge >= 0.3 is 0 Å².